The summed E-state index contributed by atoms with van der Waals surface area (Å²) >= 11 is 5.82. The van der Waals surface area contributed by atoms with E-state index in [9.17, 15) is 0 Å². The molecule has 0 aliphatic carbocycles. The van der Waals surface area contributed by atoms with Gasteiger partial charge < -0.3 is 4.90 Å². The first kappa shape index (κ1) is 11.2. The first-order valence-corrected chi connectivity index (χ1v) is 6.56. The number of fused-ring (bicyclic) bond motifs is 2. The van der Waals surface area contributed by atoms with Crippen LogP contribution in [0, 0.1) is 0 Å². The van der Waals surface area contributed by atoms with Crippen LogP contribution in [0.4, 0.5) is 5.95 Å². The Bertz CT molecular complexity index is 394. The van der Waals surface area contributed by atoms with Crippen molar-refractivity contribution in [1.82, 2.24) is 14.9 Å². The lowest BCUT2D eigenvalue weighted by molar-refractivity contribution is 0.254. The van der Waals surface area contributed by atoms with Gasteiger partial charge in [-0.3, -0.25) is 4.90 Å². The number of anilines is 1. The standard InChI is InChI=1S/C12H17ClN4/c1-16-10-2-3-11(16)8-17(5-4-10)12-14-6-9(13)7-15-12/h6-7,10-11H,2-5,8H2,1H3/t10-,11-/m0/s1. The predicted octanol–water partition coefficient (Wildman–Crippen LogP) is 1.80. The predicted molar refractivity (Wildman–Crippen MR) is 68.4 cm³/mol. The summed E-state index contributed by atoms with van der Waals surface area (Å²) in [5.74, 6) is 0.815. The molecule has 2 atom stereocenters. The van der Waals surface area contributed by atoms with Gasteiger partial charge in [0, 0.05) is 25.2 Å². The van der Waals surface area contributed by atoms with Crippen LogP contribution in [0.1, 0.15) is 19.3 Å². The van der Waals surface area contributed by atoms with E-state index in [-0.39, 0.29) is 0 Å². The lowest BCUT2D eigenvalue weighted by Gasteiger charge is -2.25. The van der Waals surface area contributed by atoms with Gasteiger partial charge in [-0.05, 0) is 26.3 Å². The highest BCUT2D eigenvalue weighted by Crippen LogP contribution is 2.29. The molecular weight excluding hydrogens is 236 g/mol. The molecule has 0 spiro atoms. The van der Waals surface area contributed by atoms with Crippen LogP contribution in [-0.4, -0.2) is 47.1 Å². The molecule has 1 aromatic heterocycles. The minimum absolute atomic E-state index is 0.599. The fourth-order valence-corrected chi connectivity index (χ4v) is 3.06. The molecule has 3 heterocycles. The number of aromatic nitrogens is 2. The molecule has 0 N–H and O–H groups in total. The Hall–Kier alpha value is -0.870. The van der Waals surface area contributed by atoms with Crippen LogP contribution in [0.25, 0.3) is 0 Å². The second-order valence-electron chi connectivity index (χ2n) is 4.99. The Morgan fingerprint density at radius 2 is 1.88 bits per heavy atom. The summed E-state index contributed by atoms with van der Waals surface area (Å²) in [5, 5.41) is 0.599. The molecule has 2 bridgehead atoms. The summed E-state index contributed by atoms with van der Waals surface area (Å²) in [6.07, 6.45) is 7.20. The fraction of sp³-hybridized carbons (Fsp3) is 0.667. The van der Waals surface area contributed by atoms with E-state index in [0.717, 1.165) is 25.1 Å². The third-order valence-corrected chi connectivity index (χ3v) is 4.23. The van der Waals surface area contributed by atoms with Crippen molar-refractivity contribution in [2.24, 2.45) is 0 Å². The zero-order chi connectivity index (χ0) is 11.8. The Morgan fingerprint density at radius 3 is 2.65 bits per heavy atom. The van der Waals surface area contributed by atoms with Crippen molar-refractivity contribution in [2.45, 2.75) is 31.3 Å². The summed E-state index contributed by atoms with van der Waals surface area (Å²) in [6, 6.07) is 1.40. The molecular formula is C12H17ClN4. The minimum Gasteiger partial charge on any atom is -0.339 e. The monoisotopic (exact) mass is 252 g/mol. The van der Waals surface area contributed by atoms with Gasteiger partial charge in [0.05, 0.1) is 17.4 Å². The minimum atomic E-state index is 0.599. The summed E-state index contributed by atoms with van der Waals surface area (Å²) in [7, 11) is 2.24. The van der Waals surface area contributed by atoms with Crippen molar-refractivity contribution in [3.63, 3.8) is 0 Å². The number of likely N-dealkylation sites (N-methyl/N-ethyl adjacent to an activating group) is 1. The second-order valence-corrected chi connectivity index (χ2v) is 5.42. The average Bonchev–Trinajstić information content (AvgIpc) is 2.55. The molecule has 4 nitrogen and oxygen atoms in total. The van der Waals surface area contributed by atoms with Gasteiger partial charge in [0.1, 0.15) is 0 Å². The molecule has 0 unspecified atom stereocenters. The van der Waals surface area contributed by atoms with Crippen molar-refractivity contribution in [3.05, 3.63) is 17.4 Å². The van der Waals surface area contributed by atoms with E-state index >= 15 is 0 Å². The van der Waals surface area contributed by atoms with Crippen LogP contribution in [0.3, 0.4) is 0 Å². The normalized spacial score (nSPS) is 29.4. The van der Waals surface area contributed by atoms with Gasteiger partial charge in [0.2, 0.25) is 5.95 Å². The Kier molecular flexibility index (Phi) is 2.92. The highest BCUT2D eigenvalue weighted by atomic mass is 35.5. The lowest BCUT2D eigenvalue weighted by atomic mass is 10.1. The van der Waals surface area contributed by atoms with E-state index in [1.54, 1.807) is 12.4 Å². The highest BCUT2D eigenvalue weighted by molar-refractivity contribution is 6.30. The van der Waals surface area contributed by atoms with Crippen molar-refractivity contribution in [3.8, 4) is 0 Å². The van der Waals surface area contributed by atoms with Crippen LogP contribution in [0.2, 0.25) is 5.02 Å². The third kappa shape index (κ3) is 2.11. The molecule has 92 valence electrons. The van der Waals surface area contributed by atoms with E-state index in [2.05, 4.69) is 26.8 Å². The van der Waals surface area contributed by atoms with E-state index in [0.29, 0.717) is 11.1 Å². The molecule has 2 saturated heterocycles. The summed E-state index contributed by atoms with van der Waals surface area (Å²) < 4.78 is 0. The Balaban J connectivity index is 1.79. The van der Waals surface area contributed by atoms with E-state index in [4.69, 9.17) is 11.6 Å². The first-order chi connectivity index (χ1) is 8.24. The molecule has 0 amide bonds. The molecule has 0 radical (unpaired) electrons. The van der Waals surface area contributed by atoms with Crippen LogP contribution in [0.15, 0.2) is 12.4 Å². The van der Waals surface area contributed by atoms with Crippen LogP contribution in [-0.2, 0) is 0 Å². The SMILES string of the molecule is CN1[C@H]2CC[C@H]1CN(c1ncc(Cl)cn1)CC2. The summed E-state index contributed by atoms with van der Waals surface area (Å²) in [6.45, 7) is 2.09. The van der Waals surface area contributed by atoms with Gasteiger partial charge >= 0.3 is 0 Å². The van der Waals surface area contributed by atoms with Crippen molar-refractivity contribution < 1.29 is 0 Å². The molecule has 2 aliphatic rings. The first-order valence-electron chi connectivity index (χ1n) is 6.18. The molecule has 3 rings (SSSR count). The molecule has 0 saturated carbocycles. The van der Waals surface area contributed by atoms with Gasteiger partial charge in [-0.1, -0.05) is 11.6 Å². The second kappa shape index (κ2) is 4.42. The van der Waals surface area contributed by atoms with E-state index < -0.39 is 0 Å². The summed E-state index contributed by atoms with van der Waals surface area (Å²) in [4.78, 5) is 13.4. The Labute approximate surface area is 107 Å². The largest absolute Gasteiger partial charge is 0.339 e. The number of halogens is 1. The number of nitrogens with zero attached hydrogens (tertiary/aromatic N) is 4. The van der Waals surface area contributed by atoms with E-state index in [1.165, 1.54) is 19.3 Å². The van der Waals surface area contributed by atoms with Gasteiger partial charge in [0.15, 0.2) is 0 Å². The smallest absolute Gasteiger partial charge is 0.225 e. The lowest BCUT2D eigenvalue weighted by Crippen LogP contribution is -2.37. The topological polar surface area (TPSA) is 32.3 Å². The van der Waals surface area contributed by atoms with E-state index in [1.807, 2.05) is 0 Å². The van der Waals surface area contributed by atoms with Gasteiger partial charge in [0.25, 0.3) is 0 Å². The van der Waals surface area contributed by atoms with Crippen LogP contribution < -0.4 is 4.90 Å². The summed E-state index contributed by atoms with van der Waals surface area (Å²) in [5.41, 5.74) is 0. The molecule has 2 aliphatic heterocycles. The van der Waals surface area contributed by atoms with Gasteiger partial charge in [-0.25, -0.2) is 9.97 Å². The highest BCUT2D eigenvalue weighted by Gasteiger charge is 2.35. The third-order valence-electron chi connectivity index (χ3n) is 4.04. The number of hydrogen-bond acceptors (Lipinski definition) is 4. The van der Waals surface area contributed by atoms with Gasteiger partial charge in [-0.15, -0.1) is 0 Å². The molecule has 5 heteroatoms. The van der Waals surface area contributed by atoms with Gasteiger partial charge in [-0.2, -0.15) is 0 Å². The van der Waals surface area contributed by atoms with Crippen molar-refractivity contribution in [2.75, 3.05) is 25.0 Å². The Morgan fingerprint density at radius 1 is 1.18 bits per heavy atom. The average molecular weight is 253 g/mol. The zero-order valence-corrected chi connectivity index (χ0v) is 10.8. The van der Waals surface area contributed by atoms with Crippen molar-refractivity contribution >= 4 is 17.5 Å². The maximum absolute atomic E-state index is 5.82. The number of rotatable bonds is 1. The van der Waals surface area contributed by atoms with Crippen LogP contribution >= 0.6 is 11.6 Å². The quantitative estimate of drug-likeness (QED) is 0.763. The van der Waals surface area contributed by atoms with Crippen molar-refractivity contribution in [1.29, 1.82) is 0 Å². The fourth-order valence-electron chi connectivity index (χ4n) is 2.96. The maximum Gasteiger partial charge on any atom is 0.225 e. The van der Waals surface area contributed by atoms with Crippen LogP contribution in [0.5, 0.6) is 0 Å². The maximum atomic E-state index is 5.82. The molecule has 17 heavy (non-hydrogen) atoms. The molecule has 1 aromatic rings. The molecule has 2 fully saturated rings. The zero-order valence-electron chi connectivity index (χ0n) is 10.0. The molecule has 0 aromatic carbocycles. The number of hydrogen-bond donors (Lipinski definition) is 0.